The first kappa shape index (κ1) is 12.9. The van der Waals surface area contributed by atoms with Gasteiger partial charge in [-0.3, -0.25) is 0 Å². The molecule has 13 heavy (non-hydrogen) atoms. The van der Waals surface area contributed by atoms with Crippen LogP contribution < -0.4 is 5.32 Å². The third-order valence-electron chi connectivity index (χ3n) is 2.11. The summed E-state index contributed by atoms with van der Waals surface area (Å²) in [6, 6.07) is 0.0970. The van der Waals surface area contributed by atoms with Crippen molar-refractivity contribution in [2.45, 2.75) is 25.5 Å². The molecule has 0 amide bonds. The van der Waals surface area contributed by atoms with Crippen LogP contribution >= 0.6 is 0 Å². The zero-order chi connectivity index (χ0) is 10.5. The molecule has 0 saturated carbocycles. The molecule has 0 aromatic carbocycles. The zero-order valence-corrected chi connectivity index (χ0v) is 9.52. The number of hydrogen-bond acceptors (Lipinski definition) is 4. The van der Waals surface area contributed by atoms with Crippen molar-refractivity contribution in [1.82, 2.24) is 5.32 Å². The fourth-order valence-corrected chi connectivity index (χ4v) is 1.80. The lowest BCUT2D eigenvalue weighted by atomic mass is 10.1. The van der Waals surface area contributed by atoms with Crippen LogP contribution in [0.5, 0.6) is 0 Å². The number of sulfone groups is 1. The third kappa shape index (κ3) is 6.01. The van der Waals surface area contributed by atoms with Gasteiger partial charge in [0, 0.05) is 19.4 Å². The van der Waals surface area contributed by atoms with Crippen LogP contribution in [0.2, 0.25) is 0 Å². The summed E-state index contributed by atoms with van der Waals surface area (Å²) in [7, 11) is 0.562. The SMILES string of the molecule is CNC(CCS(C)(=O)=O)C(C)OC. The van der Waals surface area contributed by atoms with Crippen molar-refractivity contribution in [2.24, 2.45) is 0 Å². The predicted octanol–water partition coefficient (Wildman–Crippen LogP) is 0.0440. The summed E-state index contributed by atoms with van der Waals surface area (Å²) in [5.41, 5.74) is 0. The fraction of sp³-hybridized carbons (Fsp3) is 1.00. The van der Waals surface area contributed by atoms with E-state index in [0.717, 1.165) is 0 Å². The molecule has 0 heterocycles. The maximum atomic E-state index is 10.9. The van der Waals surface area contributed by atoms with Gasteiger partial charge in [0.1, 0.15) is 9.84 Å². The molecule has 0 bridgehead atoms. The summed E-state index contributed by atoms with van der Waals surface area (Å²) in [4.78, 5) is 0. The highest BCUT2D eigenvalue weighted by molar-refractivity contribution is 7.90. The largest absolute Gasteiger partial charge is 0.380 e. The minimum absolute atomic E-state index is 0.0340. The van der Waals surface area contributed by atoms with Crippen molar-refractivity contribution in [3.8, 4) is 0 Å². The monoisotopic (exact) mass is 209 g/mol. The molecule has 80 valence electrons. The summed E-state index contributed by atoms with van der Waals surface area (Å²) in [6.07, 6.45) is 1.87. The van der Waals surface area contributed by atoms with E-state index < -0.39 is 9.84 Å². The Morgan fingerprint density at radius 3 is 2.31 bits per heavy atom. The Kier molecular flexibility index (Phi) is 5.51. The molecule has 0 aliphatic carbocycles. The van der Waals surface area contributed by atoms with Gasteiger partial charge in [-0.25, -0.2) is 8.42 Å². The van der Waals surface area contributed by atoms with E-state index in [-0.39, 0.29) is 17.9 Å². The standard InChI is InChI=1S/C8H19NO3S/c1-7(12-3)8(9-2)5-6-13(4,10)11/h7-9H,5-6H2,1-4H3. The van der Waals surface area contributed by atoms with Crippen molar-refractivity contribution in [3.05, 3.63) is 0 Å². The van der Waals surface area contributed by atoms with Gasteiger partial charge in [0.2, 0.25) is 0 Å². The molecule has 4 nitrogen and oxygen atoms in total. The molecule has 0 aliphatic heterocycles. The van der Waals surface area contributed by atoms with E-state index in [4.69, 9.17) is 4.74 Å². The van der Waals surface area contributed by atoms with Crippen LogP contribution in [0.15, 0.2) is 0 Å². The van der Waals surface area contributed by atoms with Crippen molar-refractivity contribution < 1.29 is 13.2 Å². The number of nitrogens with one attached hydrogen (secondary N) is 1. The lowest BCUT2D eigenvalue weighted by molar-refractivity contribution is 0.0847. The Bertz CT molecular complexity index is 226. The first-order valence-corrected chi connectivity index (χ1v) is 6.34. The molecule has 0 saturated heterocycles. The van der Waals surface area contributed by atoms with E-state index in [9.17, 15) is 8.42 Å². The molecule has 0 rings (SSSR count). The van der Waals surface area contributed by atoms with Crippen LogP contribution in [0.1, 0.15) is 13.3 Å². The van der Waals surface area contributed by atoms with E-state index in [1.54, 1.807) is 7.11 Å². The van der Waals surface area contributed by atoms with E-state index in [1.807, 2.05) is 14.0 Å². The van der Waals surface area contributed by atoms with Gasteiger partial charge in [-0.05, 0) is 20.4 Å². The number of hydrogen-bond donors (Lipinski definition) is 1. The van der Waals surface area contributed by atoms with Crippen LogP contribution in [-0.2, 0) is 14.6 Å². The van der Waals surface area contributed by atoms with Crippen LogP contribution in [0.3, 0.4) is 0 Å². The van der Waals surface area contributed by atoms with Gasteiger partial charge in [0.25, 0.3) is 0 Å². The minimum atomic E-state index is -2.87. The molecule has 5 heteroatoms. The molecule has 0 aromatic rings. The van der Waals surface area contributed by atoms with E-state index in [0.29, 0.717) is 6.42 Å². The highest BCUT2D eigenvalue weighted by atomic mass is 32.2. The highest BCUT2D eigenvalue weighted by Crippen LogP contribution is 2.03. The second kappa shape index (κ2) is 5.57. The maximum absolute atomic E-state index is 10.9. The minimum Gasteiger partial charge on any atom is -0.380 e. The molecule has 0 fully saturated rings. The summed E-state index contributed by atoms with van der Waals surface area (Å²) in [5, 5.41) is 3.04. The Balaban J connectivity index is 4.00. The van der Waals surface area contributed by atoms with Gasteiger partial charge < -0.3 is 10.1 Å². The second-order valence-corrected chi connectivity index (χ2v) is 5.51. The van der Waals surface area contributed by atoms with Crippen LogP contribution in [0, 0.1) is 0 Å². The van der Waals surface area contributed by atoms with Crippen molar-refractivity contribution in [3.63, 3.8) is 0 Å². The number of ether oxygens (including phenoxy) is 1. The van der Waals surface area contributed by atoms with E-state index in [1.165, 1.54) is 6.26 Å². The van der Waals surface area contributed by atoms with Crippen LogP contribution in [-0.4, -0.2) is 46.7 Å². The molecule has 0 spiro atoms. The summed E-state index contributed by atoms with van der Waals surface area (Å²) in [6.45, 7) is 1.92. The van der Waals surface area contributed by atoms with Gasteiger partial charge in [-0.2, -0.15) is 0 Å². The summed E-state index contributed by atoms with van der Waals surface area (Å²) < 4.78 is 26.9. The number of methoxy groups -OCH3 is 1. The molecular weight excluding hydrogens is 190 g/mol. The molecule has 2 unspecified atom stereocenters. The van der Waals surface area contributed by atoms with Crippen molar-refractivity contribution in [2.75, 3.05) is 26.2 Å². The maximum Gasteiger partial charge on any atom is 0.147 e. The molecular formula is C8H19NO3S. The number of rotatable bonds is 6. The lowest BCUT2D eigenvalue weighted by Crippen LogP contribution is -2.38. The second-order valence-electron chi connectivity index (χ2n) is 3.25. The Hall–Kier alpha value is -0.130. The molecule has 0 radical (unpaired) electrons. The highest BCUT2D eigenvalue weighted by Gasteiger charge is 2.16. The van der Waals surface area contributed by atoms with Gasteiger partial charge in [-0.15, -0.1) is 0 Å². The van der Waals surface area contributed by atoms with Crippen LogP contribution in [0.25, 0.3) is 0 Å². The number of likely N-dealkylation sites (N-methyl/N-ethyl adjacent to an activating group) is 1. The van der Waals surface area contributed by atoms with Crippen molar-refractivity contribution >= 4 is 9.84 Å². The molecule has 2 atom stereocenters. The van der Waals surface area contributed by atoms with Gasteiger partial charge in [-0.1, -0.05) is 0 Å². The Morgan fingerprint density at radius 2 is 2.00 bits per heavy atom. The van der Waals surface area contributed by atoms with Gasteiger partial charge in [0.15, 0.2) is 0 Å². The van der Waals surface area contributed by atoms with E-state index >= 15 is 0 Å². The normalized spacial score (nSPS) is 16.9. The average Bonchev–Trinajstić information content (AvgIpc) is 2.03. The molecule has 0 aromatic heterocycles. The van der Waals surface area contributed by atoms with Gasteiger partial charge in [0.05, 0.1) is 11.9 Å². The van der Waals surface area contributed by atoms with Crippen LogP contribution in [0.4, 0.5) is 0 Å². The lowest BCUT2D eigenvalue weighted by Gasteiger charge is -2.21. The predicted molar refractivity (Wildman–Crippen MR) is 53.6 cm³/mol. The zero-order valence-electron chi connectivity index (χ0n) is 8.70. The molecule has 1 N–H and O–H groups in total. The third-order valence-corrected chi connectivity index (χ3v) is 3.09. The topological polar surface area (TPSA) is 55.4 Å². The average molecular weight is 209 g/mol. The Labute approximate surface area is 80.6 Å². The molecule has 0 aliphatic rings. The fourth-order valence-electron chi connectivity index (χ4n) is 1.12. The quantitative estimate of drug-likeness (QED) is 0.671. The first-order valence-electron chi connectivity index (χ1n) is 4.28. The smallest absolute Gasteiger partial charge is 0.147 e. The van der Waals surface area contributed by atoms with E-state index in [2.05, 4.69) is 5.32 Å². The first-order chi connectivity index (χ1) is 5.90. The summed E-state index contributed by atoms with van der Waals surface area (Å²) in [5.74, 6) is 0.201. The Morgan fingerprint density at radius 1 is 1.46 bits per heavy atom. The van der Waals surface area contributed by atoms with Crippen molar-refractivity contribution in [1.29, 1.82) is 0 Å². The van der Waals surface area contributed by atoms with Gasteiger partial charge >= 0.3 is 0 Å². The summed E-state index contributed by atoms with van der Waals surface area (Å²) >= 11 is 0.